The Labute approximate surface area is 139 Å². The van der Waals surface area contributed by atoms with Crippen LogP contribution in [0.15, 0.2) is 36.5 Å². The van der Waals surface area contributed by atoms with Crippen LogP contribution in [0.3, 0.4) is 0 Å². The van der Waals surface area contributed by atoms with Crippen LogP contribution in [0.2, 0.25) is 5.02 Å². The second-order valence-electron chi connectivity index (χ2n) is 6.00. The fourth-order valence-electron chi connectivity index (χ4n) is 3.30. The van der Waals surface area contributed by atoms with Crippen molar-refractivity contribution in [1.82, 2.24) is 4.57 Å². The fraction of sp³-hybridized carbons (Fsp3) is 0.353. The van der Waals surface area contributed by atoms with E-state index in [1.54, 1.807) is 0 Å². The third-order valence-corrected chi connectivity index (χ3v) is 4.71. The van der Waals surface area contributed by atoms with Gasteiger partial charge in [-0.05, 0) is 30.3 Å². The van der Waals surface area contributed by atoms with Crippen LogP contribution in [0.5, 0.6) is 0 Å². The molecule has 0 spiro atoms. The van der Waals surface area contributed by atoms with E-state index in [9.17, 15) is 9.18 Å². The average Bonchev–Trinajstić information content (AvgIpc) is 3.11. The first-order valence-electron chi connectivity index (χ1n) is 7.75. The van der Waals surface area contributed by atoms with E-state index >= 15 is 0 Å². The van der Waals surface area contributed by atoms with Gasteiger partial charge >= 0.3 is 0 Å². The molecule has 2 heterocycles. The van der Waals surface area contributed by atoms with E-state index in [1.807, 2.05) is 19.3 Å². The van der Waals surface area contributed by atoms with Crippen molar-refractivity contribution >= 4 is 23.2 Å². The maximum Gasteiger partial charge on any atom is 0.279 e. The van der Waals surface area contributed by atoms with Gasteiger partial charge in [0, 0.05) is 31.8 Å². The van der Waals surface area contributed by atoms with E-state index in [1.165, 1.54) is 28.8 Å². The summed E-state index contributed by atoms with van der Waals surface area (Å²) in [4.78, 5) is 13.6. The van der Waals surface area contributed by atoms with Crippen LogP contribution in [0, 0.1) is 5.82 Å². The molecule has 0 saturated carbocycles. The second-order valence-corrected chi connectivity index (χ2v) is 6.41. The van der Waals surface area contributed by atoms with Gasteiger partial charge in [-0.2, -0.15) is 0 Å². The molecule has 1 fully saturated rings. The SMILES string of the molecule is Cn1cccc1[C@H]1CCC[NH+]1CC(=O)Nc1ccc(F)c(Cl)c1. The van der Waals surface area contributed by atoms with Crippen molar-refractivity contribution in [1.29, 1.82) is 0 Å². The number of carbonyl (C=O) groups is 1. The highest BCUT2D eigenvalue weighted by Gasteiger charge is 2.32. The first kappa shape index (κ1) is 16.0. The number of amides is 1. The monoisotopic (exact) mass is 336 g/mol. The van der Waals surface area contributed by atoms with Crippen LogP contribution in [-0.2, 0) is 11.8 Å². The lowest BCUT2D eigenvalue weighted by Crippen LogP contribution is -3.11. The van der Waals surface area contributed by atoms with Crippen molar-refractivity contribution in [3.05, 3.63) is 53.1 Å². The zero-order valence-corrected chi connectivity index (χ0v) is 13.7. The third-order valence-electron chi connectivity index (χ3n) is 4.42. The van der Waals surface area contributed by atoms with Gasteiger partial charge in [0.25, 0.3) is 5.91 Å². The zero-order valence-electron chi connectivity index (χ0n) is 13.0. The summed E-state index contributed by atoms with van der Waals surface area (Å²) in [5.74, 6) is -0.567. The average molecular weight is 337 g/mol. The number of aromatic nitrogens is 1. The molecular formula is C17H20ClFN3O+. The number of quaternary nitrogens is 1. The molecule has 1 aromatic carbocycles. The number of rotatable bonds is 4. The van der Waals surface area contributed by atoms with Crippen molar-refractivity contribution in [2.24, 2.45) is 7.05 Å². The number of likely N-dealkylation sites (tertiary alicyclic amines) is 1. The normalized spacial score (nSPS) is 20.7. The first-order chi connectivity index (χ1) is 11.0. The minimum atomic E-state index is -0.487. The smallest absolute Gasteiger partial charge is 0.279 e. The van der Waals surface area contributed by atoms with Gasteiger partial charge in [-0.15, -0.1) is 0 Å². The Morgan fingerprint density at radius 1 is 1.48 bits per heavy atom. The number of aryl methyl sites for hydroxylation is 1. The van der Waals surface area contributed by atoms with E-state index in [-0.39, 0.29) is 10.9 Å². The molecular weight excluding hydrogens is 317 g/mol. The molecule has 122 valence electrons. The van der Waals surface area contributed by atoms with Gasteiger partial charge in [0.2, 0.25) is 0 Å². The van der Waals surface area contributed by atoms with Crippen molar-refractivity contribution in [2.45, 2.75) is 18.9 Å². The molecule has 1 aliphatic heterocycles. The molecule has 1 aliphatic rings. The highest BCUT2D eigenvalue weighted by atomic mass is 35.5. The number of nitrogens with zero attached hydrogens (tertiary/aromatic N) is 1. The van der Waals surface area contributed by atoms with Gasteiger partial charge in [-0.3, -0.25) is 4.79 Å². The van der Waals surface area contributed by atoms with E-state index in [0.29, 0.717) is 18.3 Å². The minimum Gasteiger partial charge on any atom is -0.350 e. The largest absolute Gasteiger partial charge is 0.350 e. The van der Waals surface area contributed by atoms with Crippen LogP contribution >= 0.6 is 11.6 Å². The molecule has 1 saturated heterocycles. The van der Waals surface area contributed by atoms with Crippen LogP contribution in [-0.4, -0.2) is 23.6 Å². The molecule has 3 rings (SSSR count). The Bertz CT molecular complexity index is 716. The Hall–Kier alpha value is -1.85. The summed E-state index contributed by atoms with van der Waals surface area (Å²) < 4.78 is 15.3. The summed E-state index contributed by atoms with van der Waals surface area (Å²) in [5, 5.41) is 2.81. The summed E-state index contributed by atoms with van der Waals surface area (Å²) >= 11 is 5.74. The van der Waals surface area contributed by atoms with Crippen molar-refractivity contribution in [3.63, 3.8) is 0 Å². The number of carbonyl (C=O) groups excluding carboxylic acids is 1. The molecule has 4 nitrogen and oxygen atoms in total. The van der Waals surface area contributed by atoms with Crippen LogP contribution in [0.4, 0.5) is 10.1 Å². The van der Waals surface area contributed by atoms with Crippen molar-refractivity contribution in [2.75, 3.05) is 18.4 Å². The molecule has 1 amide bonds. The lowest BCUT2D eigenvalue weighted by Gasteiger charge is -2.21. The molecule has 2 aromatic rings. The lowest BCUT2D eigenvalue weighted by atomic mass is 10.1. The Kier molecular flexibility index (Phi) is 4.68. The maximum atomic E-state index is 13.2. The Morgan fingerprint density at radius 2 is 2.30 bits per heavy atom. The fourth-order valence-corrected chi connectivity index (χ4v) is 3.48. The second kappa shape index (κ2) is 6.72. The first-order valence-corrected chi connectivity index (χ1v) is 8.13. The Morgan fingerprint density at radius 3 is 3.00 bits per heavy atom. The standard InChI is InChI=1S/C17H19ClFN3O/c1-21-8-2-4-15(21)16-5-3-9-22(16)11-17(23)20-12-6-7-14(19)13(18)10-12/h2,4,6-8,10,16H,3,5,9,11H2,1H3,(H,20,23)/p+1/t16-/m1/s1. The summed E-state index contributed by atoms with van der Waals surface area (Å²) in [6.45, 7) is 1.37. The molecule has 6 heteroatoms. The van der Waals surface area contributed by atoms with Crippen molar-refractivity contribution < 1.29 is 14.1 Å². The predicted octanol–water partition coefficient (Wildman–Crippen LogP) is 2.18. The maximum absolute atomic E-state index is 13.2. The molecule has 23 heavy (non-hydrogen) atoms. The third kappa shape index (κ3) is 3.57. The topological polar surface area (TPSA) is 38.5 Å². The summed E-state index contributed by atoms with van der Waals surface area (Å²) in [7, 11) is 2.03. The van der Waals surface area contributed by atoms with Gasteiger partial charge in [0.05, 0.1) is 17.3 Å². The molecule has 0 radical (unpaired) electrons. The molecule has 0 bridgehead atoms. The van der Waals surface area contributed by atoms with E-state index in [4.69, 9.17) is 11.6 Å². The number of benzene rings is 1. The lowest BCUT2D eigenvalue weighted by molar-refractivity contribution is -0.910. The highest BCUT2D eigenvalue weighted by Crippen LogP contribution is 2.20. The summed E-state index contributed by atoms with van der Waals surface area (Å²) in [6.07, 6.45) is 4.23. The Balaban J connectivity index is 1.65. The molecule has 1 unspecified atom stereocenters. The van der Waals surface area contributed by atoms with Gasteiger partial charge in [-0.25, -0.2) is 4.39 Å². The highest BCUT2D eigenvalue weighted by molar-refractivity contribution is 6.31. The zero-order chi connectivity index (χ0) is 16.4. The number of anilines is 1. The molecule has 2 N–H and O–H groups in total. The number of hydrogen-bond acceptors (Lipinski definition) is 1. The minimum absolute atomic E-state index is 0.0120. The van der Waals surface area contributed by atoms with E-state index in [0.717, 1.165) is 19.4 Å². The quantitative estimate of drug-likeness (QED) is 0.882. The molecule has 0 aliphatic carbocycles. The molecule has 1 aromatic heterocycles. The number of nitrogens with one attached hydrogen (secondary N) is 2. The van der Waals surface area contributed by atoms with Gasteiger partial charge in [-0.1, -0.05) is 11.6 Å². The number of hydrogen-bond donors (Lipinski definition) is 2. The molecule has 2 atom stereocenters. The van der Waals surface area contributed by atoms with Crippen LogP contribution in [0.1, 0.15) is 24.6 Å². The van der Waals surface area contributed by atoms with Crippen molar-refractivity contribution in [3.8, 4) is 0 Å². The summed E-state index contributed by atoms with van der Waals surface area (Å²) in [5.41, 5.74) is 1.78. The van der Waals surface area contributed by atoms with E-state index in [2.05, 4.69) is 16.0 Å². The summed E-state index contributed by atoms with van der Waals surface area (Å²) in [6, 6.07) is 8.71. The van der Waals surface area contributed by atoms with E-state index < -0.39 is 5.82 Å². The number of halogens is 2. The van der Waals surface area contributed by atoms with Gasteiger partial charge in [0.1, 0.15) is 11.9 Å². The van der Waals surface area contributed by atoms with Crippen LogP contribution < -0.4 is 10.2 Å². The van der Waals surface area contributed by atoms with Gasteiger partial charge in [0.15, 0.2) is 6.54 Å². The predicted molar refractivity (Wildman–Crippen MR) is 88.1 cm³/mol. The van der Waals surface area contributed by atoms with Crippen LogP contribution in [0.25, 0.3) is 0 Å². The van der Waals surface area contributed by atoms with Gasteiger partial charge < -0.3 is 14.8 Å².